The summed E-state index contributed by atoms with van der Waals surface area (Å²) in [6.45, 7) is 5.47. The fourth-order valence-electron chi connectivity index (χ4n) is 4.10. The summed E-state index contributed by atoms with van der Waals surface area (Å²) in [5, 5.41) is 2.70. The number of carbonyl (C=O) groups is 1. The zero-order chi connectivity index (χ0) is 18.9. The molecule has 0 aromatic heterocycles. The van der Waals surface area contributed by atoms with E-state index in [1.165, 1.54) is 13.3 Å². The molecule has 0 radical (unpaired) electrons. The number of aryl methyl sites for hydroxylation is 1. The molecule has 0 aliphatic heterocycles. The van der Waals surface area contributed by atoms with E-state index in [1.807, 2.05) is 6.92 Å². The fourth-order valence-corrected chi connectivity index (χ4v) is 6.28. The minimum absolute atomic E-state index is 0.110. The van der Waals surface area contributed by atoms with Crippen LogP contribution in [0.3, 0.4) is 0 Å². The quantitative estimate of drug-likeness (QED) is 0.811. The second kappa shape index (κ2) is 7.69. The topological polar surface area (TPSA) is 66.5 Å². The number of anilines is 1. The van der Waals surface area contributed by atoms with Gasteiger partial charge in [-0.15, -0.1) is 0 Å². The van der Waals surface area contributed by atoms with Gasteiger partial charge in [0.05, 0.1) is 4.90 Å². The maximum atomic E-state index is 13.5. The molecule has 144 valence electrons. The van der Waals surface area contributed by atoms with E-state index < -0.39 is 10.0 Å². The molecule has 0 atom stereocenters. The Morgan fingerprint density at radius 3 is 2.19 bits per heavy atom. The SMILES string of the molecule is CCC1CCC(N(C2CC2)S(=O)(=O)c2cc(NC(C)=O)ccc2C)CC1. The van der Waals surface area contributed by atoms with Gasteiger partial charge in [0.25, 0.3) is 0 Å². The van der Waals surface area contributed by atoms with Gasteiger partial charge in [-0.1, -0.05) is 19.4 Å². The Hall–Kier alpha value is -1.40. The van der Waals surface area contributed by atoms with Crippen molar-refractivity contribution in [1.29, 1.82) is 0 Å². The van der Waals surface area contributed by atoms with Crippen molar-refractivity contribution >= 4 is 21.6 Å². The average molecular weight is 379 g/mol. The minimum Gasteiger partial charge on any atom is -0.326 e. The van der Waals surface area contributed by atoms with Gasteiger partial charge in [-0.25, -0.2) is 8.42 Å². The van der Waals surface area contributed by atoms with Gasteiger partial charge < -0.3 is 5.32 Å². The number of hydrogen-bond donors (Lipinski definition) is 1. The Morgan fingerprint density at radius 2 is 1.69 bits per heavy atom. The lowest BCUT2D eigenvalue weighted by molar-refractivity contribution is -0.114. The van der Waals surface area contributed by atoms with Crippen LogP contribution in [-0.4, -0.2) is 30.7 Å². The minimum atomic E-state index is -3.57. The third kappa shape index (κ3) is 4.12. The van der Waals surface area contributed by atoms with Crippen LogP contribution in [-0.2, 0) is 14.8 Å². The van der Waals surface area contributed by atoms with Gasteiger partial charge in [0.1, 0.15) is 0 Å². The molecule has 1 N–H and O–H groups in total. The maximum Gasteiger partial charge on any atom is 0.243 e. The third-order valence-corrected chi connectivity index (χ3v) is 7.87. The molecule has 26 heavy (non-hydrogen) atoms. The zero-order valence-corrected chi connectivity index (χ0v) is 16.8. The second-order valence-electron chi connectivity index (χ2n) is 7.81. The number of hydrogen-bond acceptors (Lipinski definition) is 3. The number of nitrogens with one attached hydrogen (secondary N) is 1. The van der Waals surface area contributed by atoms with Crippen LogP contribution in [0, 0.1) is 12.8 Å². The largest absolute Gasteiger partial charge is 0.326 e. The van der Waals surface area contributed by atoms with E-state index in [0.29, 0.717) is 10.6 Å². The Kier molecular flexibility index (Phi) is 5.72. The molecule has 0 heterocycles. The number of sulfonamides is 1. The van der Waals surface area contributed by atoms with E-state index in [4.69, 9.17) is 0 Å². The molecule has 2 aliphatic carbocycles. The van der Waals surface area contributed by atoms with Gasteiger partial charge in [-0.3, -0.25) is 4.79 Å². The first-order valence-electron chi connectivity index (χ1n) is 9.74. The summed E-state index contributed by atoms with van der Waals surface area (Å²) in [4.78, 5) is 11.7. The highest BCUT2D eigenvalue weighted by atomic mass is 32.2. The van der Waals surface area contributed by atoms with Crippen molar-refractivity contribution in [1.82, 2.24) is 4.31 Å². The zero-order valence-electron chi connectivity index (χ0n) is 16.0. The van der Waals surface area contributed by atoms with Gasteiger partial charge in [-0.2, -0.15) is 4.31 Å². The monoisotopic (exact) mass is 378 g/mol. The Bertz CT molecular complexity index is 763. The number of nitrogens with zero attached hydrogens (tertiary/aromatic N) is 1. The van der Waals surface area contributed by atoms with Gasteiger partial charge in [0.15, 0.2) is 0 Å². The van der Waals surface area contributed by atoms with Crippen LogP contribution < -0.4 is 5.32 Å². The van der Waals surface area contributed by atoms with Crippen LogP contribution in [0.4, 0.5) is 5.69 Å². The van der Waals surface area contributed by atoms with Crippen molar-refractivity contribution in [2.75, 3.05) is 5.32 Å². The number of carbonyl (C=O) groups excluding carboxylic acids is 1. The lowest BCUT2D eigenvalue weighted by atomic mass is 9.84. The fraction of sp³-hybridized carbons (Fsp3) is 0.650. The first kappa shape index (κ1) is 19.4. The van der Waals surface area contributed by atoms with E-state index in [0.717, 1.165) is 50.0 Å². The smallest absolute Gasteiger partial charge is 0.243 e. The van der Waals surface area contributed by atoms with Crippen molar-refractivity contribution < 1.29 is 13.2 Å². The summed E-state index contributed by atoms with van der Waals surface area (Å²) in [6, 6.07) is 5.39. The van der Waals surface area contributed by atoms with Crippen molar-refractivity contribution in [2.24, 2.45) is 5.92 Å². The lowest BCUT2D eigenvalue weighted by Gasteiger charge is -2.36. The van der Waals surface area contributed by atoms with Crippen molar-refractivity contribution in [3.8, 4) is 0 Å². The molecular weight excluding hydrogens is 348 g/mol. The van der Waals surface area contributed by atoms with Crippen molar-refractivity contribution in [2.45, 2.75) is 82.7 Å². The van der Waals surface area contributed by atoms with Crippen molar-refractivity contribution in [3.05, 3.63) is 23.8 Å². The summed E-state index contributed by atoms with van der Waals surface area (Å²) in [6.07, 6.45) is 7.24. The summed E-state index contributed by atoms with van der Waals surface area (Å²) < 4.78 is 28.9. The second-order valence-corrected chi connectivity index (χ2v) is 9.62. The van der Waals surface area contributed by atoms with Gasteiger partial charge in [0, 0.05) is 24.7 Å². The Balaban J connectivity index is 1.90. The molecule has 3 rings (SSSR count). The highest BCUT2D eigenvalue weighted by Gasteiger charge is 2.43. The number of benzene rings is 1. The first-order chi connectivity index (χ1) is 12.3. The van der Waals surface area contributed by atoms with E-state index in [-0.39, 0.29) is 18.0 Å². The van der Waals surface area contributed by atoms with Crippen LogP contribution in [0.25, 0.3) is 0 Å². The average Bonchev–Trinajstić information content (AvgIpc) is 3.41. The highest BCUT2D eigenvalue weighted by Crippen LogP contribution is 2.40. The highest BCUT2D eigenvalue weighted by molar-refractivity contribution is 7.89. The summed E-state index contributed by atoms with van der Waals surface area (Å²) in [5.41, 5.74) is 1.26. The maximum absolute atomic E-state index is 13.5. The molecule has 0 unspecified atom stereocenters. The molecule has 2 fully saturated rings. The summed E-state index contributed by atoms with van der Waals surface area (Å²) >= 11 is 0. The molecule has 6 heteroatoms. The molecule has 5 nitrogen and oxygen atoms in total. The van der Waals surface area contributed by atoms with Gasteiger partial charge >= 0.3 is 0 Å². The molecule has 2 aliphatic rings. The molecule has 0 spiro atoms. The molecule has 0 saturated heterocycles. The van der Waals surface area contributed by atoms with Crippen LogP contribution in [0.2, 0.25) is 0 Å². The third-order valence-electron chi connectivity index (χ3n) is 5.72. The summed E-state index contributed by atoms with van der Waals surface area (Å²) in [5.74, 6) is 0.536. The molecule has 1 aromatic carbocycles. The van der Waals surface area contributed by atoms with E-state index in [1.54, 1.807) is 22.5 Å². The van der Waals surface area contributed by atoms with Crippen LogP contribution in [0.1, 0.15) is 64.4 Å². The molecular formula is C20H30N2O3S. The lowest BCUT2D eigenvalue weighted by Crippen LogP contribution is -2.44. The van der Waals surface area contributed by atoms with Gasteiger partial charge in [-0.05, 0) is 69.1 Å². The van der Waals surface area contributed by atoms with E-state index >= 15 is 0 Å². The molecule has 1 aromatic rings. The number of amides is 1. The van der Waals surface area contributed by atoms with Gasteiger partial charge in [0.2, 0.25) is 15.9 Å². The molecule has 1 amide bonds. The van der Waals surface area contributed by atoms with Crippen LogP contribution in [0.5, 0.6) is 0 Å². The standard InChI is InChI=1S/C20H30N2O3S/c1-4-16-6-9-18(10-7-16)22(19-11-12-19)26(24,25)20-13-17(21-15(3)23)8-5-14(20)2/h5,8,13,16,18-19H,4,6-7,9-12H2,1-3H3,(H,21,23). The van der Waals surface area contributed by atoms with E-state index in [2.05, 4.69) is 12.2 Å². The summed E-state index contributed by atoms with van der Waals surface area (Å²) in [7, 11) is -3.57. The predicted octanol–water partition coefficient (Wildman–Crippen LogP) is 4.08. The first-order valence-corrected chi connectivity index (χ1v) is 11.2. The van der Waals surface area contributed by atoms with Crippen LogP contribution in [0.15, 0.2) is 23.1 Å². The predicted molar refractivity (Wildman–Crippen MR) is 104 cm³/mol. The normalized spacial score (nSPS) is 23.8. The van der Waals surface area contributed by atoms with Crippen molar-refractivity contribution in [3.63, 3.8) is 0 Å². The number of rotatable bonds is 6. The molecule has 2 saturated carbocycles. The molecule has 0 bridgehead atoms. The van der Waals surface area contributed by atoms with E-state index in [9.17, 15) is 13.2 Å². The Morgan fingerprint density at radius 1 is 1.12 bits per heavy atom. The Labute approximate surface area is 157 Å². The van der Waals surface area contributed by atoms with Crippen LogP contribution >= 0.6 is 0 Å².